The molecule has 4 aromatic carbocycles. The van der Waals surface area contributed by atoms with Crippen LogP contribution in [0.25, 0.3) is 32.7 Å². The fraction of sp³-hybridized carbons (Fsp3) is 0.0625. The summed E-state index contributed by atoms with van der Waals surface area (Å²) in [5, 5.41) is 22.3. The maximum atomic E-state index is 8.69. The predicted molar refractivity (Wildman–Crippen MR) is 176 cm³/mol. The van der Waals surface area contributed by atoms with Crippen molar-refractivity contribution in [3.63, 3.8) is 0 Å². The standard InChI is InChI=1S/C16H14N2.C10H8BrN.C6H7BClNO2/c1-11-2-7-14(12-3-5-13(17)6-4-12)15-8-9-18-10-16(11)15;1-7-2-3-10(11)8-4-5-12-6-9(7)8;8-9-6-3-1-5(2-4-6)7(10)11/h2-10H,17H2,1H3;2-6H,1H3;1-4,9-11H. The summed E-state index contributed by atoms with van der Waals surface area (Å²) in [7, 11) is -1.42. The van der Waals surface area contributed by atoms with Crippen molar-refractivity contribution in [2.24, 2.45) is 0 Å². The molecular formula is C32H29BBrClN4O2. The molecule has 0 aliphatic heterocycles. The Hall–Kier alpha value is -3.95. The van der Waals surface area contributed by atoms with Crippen LogP contribution in [-0.4, -0.2) is 27.1 Å². The Kier molecular flexibility index (Phi) is 10.3. The fourth-order valence-electron chi connectivity index (χ4n) is 4.26. The van der Waals surface area contributed by atoms with Gasteiger partial charge in [-0.15, -0.1) is 0 Å². The number of aromatic nitrogens is 2. The SMILES string of the molecule is Cc1ccc(-c2ccc(N)cc2)c2ccncc12.Cc1ccc(Br)c2ccncc12.OB(O)c1ccc(NCl)cc1. The molecule has 6 aromatic rings. The van der Waals surface area contributed by atoms with Gasteiger partial charge >= 0.3 is 7.12 Å². The van der Waals surface area contributed by atoms with Gasteiger partial charge in [0, 0.05) is 63.2 Å². The first-order valence-corrected chi connectivity index (χ1v) is 14.0. The highest BCUT2D eigenvalue weighted by Gasteiger charge is 2.09. The molecule has 0 atom stereocenters. The maximum absolute atomic E-state index is 8.69. The second kappa shape index (κ2) is 14.1. The summed E-state index contributed by atoms with van der Waals surface area (Å²) < 4.78 is 1.13. The highest BCUT2D eigenvalue weighted by Crippen LogP contribution is 2.30. The molecule has 6 rings (SSSR count). The lowest BCUT2D eigenvalue weighted by atomic mass is 9.80. The summed E-state index contributed by atoms with van der Waals surface area (Å²) in [6.07, 6.45) is 7.47. The van der Waals surface area contributed by atoms with Gasteiger partial charge in [0.2, 0.25) is 0 Å². The van der Waals surface area contributed by atoms with Crippen LogP contribution in [0.1, 0.15) is 11.1 Å². The van der Waals surface area contributed by atoms with Crippen LogP contribution in [0.4, 0.5) is 11.4 Å². The van der Waals surface area contributed by atoms with Gasteiger partial charge in [0.05, 0.1) is 0 Å². The number of halogens is 2. The Bertz CT molecular complexity index is 1710. The van der Waals surface area contributed by atoms with E-state index in [9.17, 15) is 0 Å². The summed E-state index contributed by atoms with van der Waals surface area (Å²) in [5.74, 6) is 0. The molecule has 9 heteroatoms. The van der Waals surface area contributed by atoms with E-state index in [1.165, 1.54) is 43.8 Å². The number of pyridine rings is 2. The van der Waals surface area contributed by atoms with Crippen molar-refractivity contribution < 1.29 is 10.0 Å². The predicted octanol–water partition coefficient (Wildman–Crippen LogP) is 7.03. The number of anilines is 2. The second-order valence-corrected chi connectivity index (χ2v) is 10.4. The zero-order valence-electron chi connectivity index (χ0n) is 22.6. The molecule has 2 heterocycles. The smallest absolute Gasteiger partial charge is 0.423 e. The van der Waals surface area contributed by atoms with Crippen LogP contribution in [0.2, 0.25) is 0 Å². The van der Waals surface area contributed by atoms with Gasteiger partial charge in [-0.1, -0.05) is 58.4 Å². The van der Waals surface area contributed by atoms with Gasteiger partial charge in [-0.05, 0) is 94.8 Å². The van der Waals surface area contributed by atoms with Crippen molar-refractivity contribution in [2.75, 3.05) is 10.6 Å². The Balaban J connectivity index is 0.000000148. The van der Waals surface area contributed by atoms with E-state index in [-0.39, 0.29) is 0 Å². The van der Waals surface area contributed by atoms with Gasteiger partial charge in [-0.3, -0.25) is 14.8 Å². The summed E-state index contributed by atoms with van der Waals surface area (Å²) in [5.41, 5.74) is 12.6. The number of nitrogens with one attached hydrogen (secondary N) is 1. The topological polar surface area (TPSA) is 104 Å². The first-order valence-electron chi connectivity index (χ1n) is 12.8. The minimum absolute atomic E-state index is 0.445. The van der Waals surface area contributed by atoms with Crippen molar-refractivity contribution in [2.45, 2.75) is 13.8 Å². The quantitative estimate of drug-likeness (QED) is 0.0955. The lowest BCUT2D eigenvalue weighted by Crippen LogP contribution is -2.29. The second-order valence-electron chi connectivity index (χ2n) is 9.35. The summed E-state index contributed by atoms with van der Waals surface area (Å²) in [6, 6.07) is 27.0. The molecule has 0 bridgehead atoms. The van der Waals surface area contributed by atoms with Crippen LogP contribution in [0.5, 0.6) is 0 Å². The largest absolute Gasteiger partial charge is 0.488 e. The van der Waals surface area contributed by atoms with Gasteiger partial charge in [0.25, 0.3) is 0 Å². The molecule has 0 saturated heterocycles. The van der Waals surface area contributed by atoms with E-state index in [0.29, 0.717) is 5.46 Å². The lowest BCUT2D eigenvalue weighted by molar-refractivity contribution is 0.426. The Labute approximate surface area is 253 Å². The summed E-state index contributed by atoms with van der Waals surface area (Å²) in [4.78, 5) is 10.7. The molecule has 0 fully saturated rings. The van der Waals surface area contributed by atoms with Gasteiger partial charge in [-0.2, -0.15) is 0 Å². The Morgan fingerprint density at radius 3 is 1.83 bits per heavy atom. The Morgan fingerprint density at radius 1 is 0.707 bits per heavy atom. The molecule has 0 amide bonds. The molecule has 6 nitrogen and oxygen atoms in total. The molecule has 0 spiro atoms. The fourth-order valence-corrected chi connectivity index (χ4v) is 4.86. The molecule has 206 valence electrons. The molecule has 0 aliphatic carbocycles. The number of nitrogens with zero attached hydrogens (tertiary/aromatic N) is 2. The normalized spacial score (nSPS) is 10.3. The van der Waals surface area contributed by atoms with Crippen molar-refractivity contribution in [3.8, 4) is 11.1 Å². The molecule has 2 aromatic heterocycles. The average Bonchev–Trinajstić information content (AvgIpc) is 3.01. The number of nitrogens with two attached hydrogens (primary N) is 1. The van der Waals surface area contributed by atoms with Gasteiger partial charge in [-0.25, -0.2) is 0 Å². The van der Waals surface area contributed by atoms with Crippen LogP contribution >= 0.6 is 27.7 Å². The van der Waals surface area contributed by atoms with E-state index in [2.05, 4.69) is 87.0 Å². The lowest BCUT2D eigenvalue weighted by Gasteiger charge is -2.09. The van der Waals surface area contributed by atoms with E-state index in [1.807, 2.05) is 43.0 Å². The van der Waals surface area contributed by atoms with Crippen LogP contribution in [0.15, 0.2) is 114 Å². The van der Waals surface area contributed by atoms with Crippen molar-refractivity contribution in [1.82, 2.24) is 9.97 Å². The zero-order valence-corrected chi connectivity index (χ0v) is 24.9. The molecule has 41 heavy (non-hydrogen) atoms. The number of fused-ring (bicyclic) bond motifs is 2. The molecular weight excluding hydrogens is 599 g/mol. The number of benzene rings is 4. The first-order chi connectivity index (χ1) is 19.8. The van der Waals surface area contributed by atoms with Crippen LogP contribution in [-0.2, 0) is 0 Å². The summed E-state index contributed by atoms with van der Waals surface area (Å²) >= 11 is 8.79. The number of rotatable bonds is 3. The molecule has 5 N–H and O–H groups in total. The van der Waals surface area contributed by atoms with Crippen LogP contribution < -0.4 is 16.0 Å². The first kappa shape index (κ1) is 30.0. The number of hydrogen-bond acceptors (Lipinski definition) is 6. The molecule has 0 aliphatic rings. The van der Waals surface area contributed by atoms with Gasteiger partial charge < -0.3 is 15.8 Å². The average molecular weight is 628 g/mol. The van der Waals surface area contributed by atoms with Gasteiger partial charge in [0.1, 0.15) is 0 Å². The zero-order chi connectivity index (χ0) is 29.4. The van der Waals surface area contributed by atoms with E-state index in [1.54, 1.807) is 24.3 Å². The van der Waals surface area contributed by atoms with Crippen molar-refractivity contribution >= 4 is 73.2 Å². The third-order valence-electron chi connectivity index (χ3n) is 6.56. The highest BCUT2D eigenvalue weighted by molar-refractivity contribution is 9.10. The van der Waals surface area contributed by atoms with Crippen LogP contribution in [0.3, 0.4) is 0 Å². The van der Waals surface area contributed by atoms with E-state index < -0.39 is 7.12 Å². The third kappa shape index (κ3) is 7.62. The van der Waals surface area contributed by atoms with Crippen molar-refractivity contribution in [3.05, 3.63) is 125 Å². The molecule has 0 saturated carbocycles. The minimum atomic E-state index is -1.42. The van der Waals surface area contributed by atoms with E-state index >= 15 is 0 Å². The van der Waals surface area contributed by atoms with Crippen molar-refractivity contribution in [1.29, 1.82) is 0 Å². The monoisotopic (exact) mass is 626 g/mol. The maximum Gasteiger partial charge on any atom is 0.488 e. The number of hydrogen-bond donors (Lipinski definition) is 4. The number of aryl methyl sites for hydroxylation is 2. The minimum Gasteiger partial charge on any atom is -0.423 e. The van der Waals surface area contributed by atoms with E-state index in [4.69, 9.17) is 27.6 Å². The highest BCUT2D eigenvalue weighted by atomic mass is 79.9. The van der Waals surface area contributed by atoms with Crippen LogP contribution in [0, 0.1) is 13.8 Å². The molecule has 0 radical (unpaired) electrons. The Morgan fingerprint density at radius 2 is 1.27 bits per heavy atom. The third-order valence-corrected chi connectivity index (χ3v) is 7.47. The number of nitrogen functional groups attached to an aromatic ring is 1. The van der Waals surface area contributed by atoms with E-state index in [0.717, 1.165) is 15.8 Å². The van der Waals surface area contributed by atoms with Gasteiger partial charge in [0.15, 0.2) is 0 Å². The summed E-state index contributed by atoms with van der Waals surface area (Å²) in [6.45, 7) is 4.20. The molecule has 0 unspecified atom stereocenters.